The number of nitrogens with two attached hydrogens (primary N) is 2. The number of nitrogens with one attached hydrogen (secondary N) is 2. The van der Waals surface area contributed by atoms with E-state index in [9.17, 15) is 0 Å². The van der Waals surface area contributed by atoms with Crippen molar-refractivity contribution in [2.75, 3.05) is 13.1 Å². The topological polar surface area (TPSA) is 88.5 Å². The average molecular weight is 171 g/mol. The van der Waals surface area contributed by atoms with Gasteiger partial charge in [0.25, 0.3) is 0 Å². The number of hydrogen-bond acceptors (Lipinski definition) is 4. The van der Waals surface area contributed by atoms with Crippen LogP contribution in [0.1, 0.15) is 19.3 Å². The minimum absolute atomic E-state index is 0.671. The molecule has 1 saturated heterocycles. The van der Waals surface area contributed by atoms with Crippen molar-refractivity contribution in [2.45, 2.75) is 19.3 Å². The molecule has 70 valence electrons. The maximum atomic E-state index is 5.22. The van der Waals surface area contributed by atoms with Gasteiger partial charge < -0.3 is 16.6 Å². The number of rotatable bonds is 2. The van der Waals surface area contributed by atoms with Crippen molar-refractivity contribution in [2.24, 2.45) is 22.7 Å². The maximum Gasteiger partial charge on any atom is 0.136 e. The molecule has 12 heavy (non-hydrogen) atoms. The lowest BCUT2D eigenvalue weighted by Gasteiger charge is -2.22. The molecule has 0 radical (unpaired) electrons. The first-order valence-corrected chi connectivity index (χ1v) is 4.31. The number of nitrogens with zero attached hydrogens (tertiary/aromatic N) is 1. The lowest BCUT2D eigenvalue weighted by molar-refractivity contribution is 0.382. The summed E-state index contributed by atoms with van der Waals surface area (Å²) in [5, 5.41) is 6.86. The van der Waals surface area contributed by atoms with Gasteiger partial charge >= 0.3 is 0 Å². The molecule has 0 unspecified atom stereocenters. The van der Waals surface area contributed by atoms with Crippen LogP contribution in [0.4, 0.5) is 0 Å². The van der Waals surface area contributed by atoms with Gasteiger partial charge in [0, 0.05) is 6.42 Å². The van der Waals surface area contributed by atoms with Crippen LogP contribution in [0.2, 0.25) is 0 Å². The van der Waals surface area contributed by atoms with Crippen molar-refractivity contribution in [3.63, 3.8) is 0 Å². The van der Waals surface area contributed by atoms with Crippen LogP contribution < -0.4 is 22.4 Å². The first kappa shape index (κ1) is 9.28. The zero-order chi connectivity index (χ0) is 8.81. The predicted octanol–water partition coefficient (Wildman–Crippen LogP) is -0.888. The third-order valence-electron chi connectivity index (χ3n) is 2.26. The minimum Gasteiger partial charge on any atom is -0.322 e. The molecule has 1 heterocycles. The van der Waals surface area contributed by atoms with Crippen LogP contribution in [0.3, 0.4) is 0 Å². The van der Waals surface area contributed by atoms with Gasteiger partial charge in [-0.05, 0) is 31.8 Å². The summed E-state index contributed by atoms with van der Waals surface area (Å²) < 4.78 is 0. The Balaban J connectivity index is 2.28. The Morgan fingerprint density at radius 2 is 2.17 bits per heavy atom. The van der Waals surface area contributed by atoms with E-state index in [1.54, 1.807) is 0 Å². The van der Waals surface area contributed by atoms with Gasteiger partial charge in [-0.15, -0.1) is 0 Å². The van der Waals surface area contributed by atoms with Crippen molar-refractivity contribution < 1.29 is 0 Å². The highest BCUT2D eigenvalue weighted by Crippen LogP contribution is 2.15. The number of hydrazine groups is 1. The summed E-state index contributed by atoms with van der Waals surface area (Å²) in [7, 11) is 0. The maximum absolute atomic E-state index is 5.22. The molecule has 1 fully saturated rings. The number of amidine groups is 1. The third kappa shape index (κ3) is 2.67. The van der Waals surface area contributed by atoms with Crippen LogP contribution in [0.5, 0.6) is 0 Å². The third-order valence-corrected chi connectivity index (χ3v) is 2.26. The number of hydrogen-bond donors (Lipinski definition) is 4. The summed E-state index contributed by atoms with van der Waals surface area (Å²) in [4.78, 5) is 0. The zero-order valence-corrected chi connectivity index (χ0v) is 7.21. The lowest BCUT2D eigenvalue weighted by Crippen LogP contribution is -2.35. The molecule has 5 heteroatoms. The predicted molar refractivity (Wildman–Crippen MR) is 49.2 cm³/mol. The molecular formula is C7H17N5. The Kier molecular flexibility index (Phi) is 3.83. The molecular weight excluding hydrogens is 154 g/mol. The fourth-order valence-corrected chi connectivity index (χ4v) is 1.51. The minimum atomic E-state index is 0.671. The molecule has 0 saturated carbocycles. The van der Waals surface area contributed by atoms with E-state index in [1.807, 2.05) is 0 Å². The van der Waals surface area contributed by atoms with Gasteiger partial charge in [-0.3, -0.25) is 0 Å². The lowest BCUT2D eigenvalue weighted by atomic mass is 9.94. The van der Waals surface area contributed by atoms with Gasteiger partial charge in [0.05, 0.1) is 0 Å². The number of piperidine rings is 1. The van der Waals surface area contributed by atoms with Crippen molar-refractivity contribution in [3.05, 3.63) is 0 Å². The molecule has 0 aromatic carbocycles. The molecule has 0 bridgehead atoms. The molecule has 1 aliphatic heterocycles. The van der Waals surface area contributed by atoms with Crippen LogP contribution in [-0.2, 0) is 0 Å². The first-order chi connectivity index (χ1) is 5.86. The second-order valence-electron chi connectivity index (χ2n) is 3.12. The van der Waals surface area contributed by atoms with Gasteiger partial charge in [0.1, 0.15) is 5.84 Å². The van der Waals surface area contributed by atoms with Crippen LogP contribution in [0, 0.1) is 5.92 Å². The molecule has 0 amide bonds. The van der Waals surface area contributed by atoms with E-state index in [1.165, 1.54) is 12.8 Å². The second kappa shape index (κ2) is 4.95. The molecule has 0 aromatic heterocycles. The van der Waals surface area contributed by atoms with Crippen molar-refractivity contribution in [1.82, 2.24) is 10.7 Å². The molecule has 5 nitrogen and oxygen atoms in total. The van der Waals surface area contributed by atoms with Gasteiger partial charge in [-0.2, -0.15) is 5.10 Å². The Morgan fingerprint density at radius 1 is 1.50 bits per heavy atom. The zero-order valence-electron chi connectivity index (χ0n) is 7.21. The van der Waals surface area contributed by atoms with Crippen LogP contribution in [0.25, 0.3) is 0 Å². The molecule has 1 rings (SSSR count). The van der Waals surface area contributed by atoms with Gasteiger partial charge in [-0.25, -0.2) is 5.84 Å². The summed E-state index contributed by atoms with van der Waals surface area (Å²) >= 11 is 0. The standard InChI is InChI=1S/C7H17N5/c8-11-7(12-9)5-6-1-3-10-4-2-6/h6,10H,1-5,8-9H2,(H,11,12). The first-order valence-electron chi connectivity index (χ1n) is 4.31. The highest BCUT2D eigenvalue weighted by molar-refractivity contribution is 5.81. The van der Waals surface area contributed by atoms with Gasteiger partial charge in [0.15, 0.2) is 0 Å². The summed E-state index contributed by atoms with van der Waals surface area (Å²) in [5.41, 5.74) is 2.50. The van der Waals surface area contributed by atoms with E-state index in [-0.39, 0.29) is 0 Å². The fraction of sp³-hybridized carbons (Fsp3) is 0.857. The van der Waals surface area contributed by atoms with E-state index < -0.39 is 0 Å². The quantitative estimate of drug-likeness (QED) is 0.188. The molecule has 6 N–H and O–H groups in total. The molecule has 0 atom stereocenters. The van der Waals surface area contributed by atoms with E-state index in [2.05, 4.69) is 15.8 Å². The SMILES string of the molecule is N/N=C(/CC1CCNCC1)NN. The Bertz CT molecular complexity index is 150. The summed E-state index contributed by atoms with van der Waals surface area (Å²) in [5.74, 6) is 11.7. The van der Waals surface area contributed by atoms with Crippen molar-refractivity contribution in [1.29, 1.82) is 0 Å². The van der Waals surface area contributed by atoms with E-state index in [0.717, 1.165) is 19.5 Å². The second-order valence-corrected chi connectivity index (χ2v) is 3.12. The smallest absolute Gasteiger partial charge is 0.136 e. The monoisotopic (exact) mass is 171 g/mol. The fourth-order valence-electron chi connectivity index (χ4n) is 1.51. The van der Waals surface area contributed by atoms with Crippen LogP contribution in [0.15, 0.2) is 5.10 Å². The molecule has 1 aliphatic rings. The summed E-state index contributed by atoms with van der Waals surface area (Å²) in [6, 6.07) is 0. The summed E-state index contributed by atoms with van der Waals surface area (Å²) in [6.07, 6.45) is 3.23. The van der Waals surface area contributed by atoms with Gasteiger partial charge in [0.2, 0.25) is 0 Å². The van der Waals surface area contributed by atoms with E-state index in [0.29, 0.717) is 11.8 Å². The van der Waals surface area contributed by atoms with Crippen molar-refractivity contribution >= 4 is 5.84 Å². The molecule has 0 aromatic rings. The van der Waals surface area contributed by atoms with Gasteiger partial charge in [-0.1, -0.05) is 0 Å². The summed E-state index contributed by atoms with van der Waals surface area (Å²) in [6.45, 7) is 2.18. The van der Waals surface area contributed by atoms with E-state index in [4.69, 9.17) is 11.7 Å². The molecule has 0 spiro atoms. The normalized spacial score (nSPS) is 20.9. The van der Waals surface area contributed by atoms with E-state index >= 15 is 0 Å². The Hall–Kier alpha value is -0.810. The Morgan fingerprint density at radius 3 is 2.67 bits per heavy atom. The van der Waals surface area contributed by atoms with Crippen LogP contribution in [-0.4, -0.2) is 18.9 Å². The largest absolute Gasteiger partial charge is 0.322 e. The Labute approximate surface area is 72.5 Å². The highest BCUT2D eigenvalue weighted by atomic mass is 15.3. The number of hydrazone groups is 1. The van der Waals surface area contributed by atoms with Crippen molar-refractivity contribution in [3.8, 4) is 0 Å². The highest BCUT2D eigenvalue weighted by Gasteiger charge is 2.14. The molecule has 0 aliphatic carbocycles. The average Bonchev–Trinajstić information content (AvgIpc) is 2.16. The van der Waals surface area contributed by atoms with Crippen LogP contribution >= 0.6 is 0 Å².